The summed E-state index contributed by atoms with van der Waals surface area (Å²) in [5, 5.41) is 29.2. The van der Waals surface area contributed by atoms with Gasteiger partial charge < -0.3 is 15.3 Å². The number of hydrogen-bond donors (Lipinski definition) is 3. The van der Waals surface area contributed by atoms with Gasteiger partial charge in [-0.25, -0.2) is 0 Å². The molecule has 2 atom stereocenters. The van der Waals surface area contributed by atoms with Crippen LogP contribution in [0, 0.1) is 6.92 Å². The van der Waals surface area contributed by atoms with Crippen molar-refractivity contribution in [1.29, 1.82) is 0 Å². The zero-order valence-corrected chi connectivity index (χ0v) is 8.49. The molecule has 1 heterocycles. The highest BCUT2D eigenvalue weighted by Crippen LogP contribution is 2.27. The Labute approximate surface area is 85.4 Å². The number of aliphatic carboxylic acids is 1. The number of aliphatic hydroxyl groups is 2. The molecule has 78 valence electrons. The summed E-state index contributed by atoms with van der Waals surface area (Å²) in [6.45, 7) is 1.81. The Morgan fingerprint density at radius 2 is 2.21 bits per heavy atom. The molecule has 0 bridgehead atoms. The van der Waals surface area contributed by atoms with E-state index in [0.29, 0.717) is 4.88 Å². The fourth-order valence-electron chi connectivity index (χ4n) is 1.15. The zero-order valence-electron chi connectivity index (χ0n) is 7.67. The topological polar surface area (TPSA) is 77.8 Å². The highest BCUT2D eigenvalue weighted by molar-refractivity contribution is 7.10. The maximum absolute atomic E-state index is 10.3. The molecule has 0 radical (unpaired) electrons. The lowest BCUT2D eigenvalue weighted by molar-refractivity contribution is -0.141. The summed E-state index contributed by atoms with van der Waals surface area (Å²) in [5.74, 6) is -1.12. The maximum Gasteiger partial charge on any atom is 0.306 e. The van der Waals surface area contributed by atoms with Crippen LogP contribution < -0.4 is 0 Å². The van der Waals surface area contributed by atoms with Crippen molar-refractivity contribution in [3.05, 3.63) is 21.9 Å². The molecule has 0 saturated carbocycles. The number of carboxylic acids is 1. The quantitative estimate of drug-likeness (QED) is 0.699. The van der Waals surface area contributed by atoms with Gasteiger partial charge in [-0.05, 0) is 23.9 Å². The highest BCUT2D eigenvalue weighted by Gasteiger charge is 2.23. The Kier molecular flexibility index (Phi) is 3.62. The normalized spacial score (nSPS) is 15.1. The maximum atomic E-state index is 10.3. The van der Waals surface area contributed by atoms with Crippen molar-refractivity contribution in [2.24, 2.45) is 0 Å². The average Bonchev–Trinajstić information content (AvgIpc) is 2.48. The molecular weight excluding hydrogens is 204 g/mol. The van der Waals surface area contributed by atoms with Gasteiger partial charge >= 0.3 is 5.97 Å². The Morgan fingerprint density at radius 1 is 1.57 bits per heavy atom. The predicted octanol–water partition coefficient (Wildman–Crippen LogP) is 0.926. The van der Waals surface area contributed by atoms with E-state index in [9.17, 15) is 15.0 Å². The Bertz CT molecular complexity index is 320. The summed E-state index contributed by atoms with van der Waals surface area (Å²) in [5.41, 5.74) is 0.868. The first-order valence-corrected chi connectivity index (χ1v) is 5.02. The number of carbonyl (C=O) groups is 1. The van der Waals surface area contributed by atoms with Crippen LogP contribution in [0.2, 0.25) is 0 Å². The molecule has 5 heteroatoms. The minimum absolute atomic E-state index is 0.446. The summed E-state index contributed by atoms with van der Waals surface area (Å²) in [6.07, 6.45) is -2.80. The Balaban J connectivity index is 2.70. The molecule has 0 saturated heterocycles. The first kappa shape index (κ1) is 11.2. The molecule has 4 nitrogen and oxygen atoms in total. The number of aryl methyl sites for hydroxylation is 1. The van der Waals surface area contributed by atoms with E-state index in [1.54, 1.807) is 5.38 Å². The van der Waals surface area contributed by atoms with Gasteiger partial charge in [-0.3, -0.25) is 4.79 Å². The molecule has 1 rings (SSSR count). The molecule has 1 aromatic heterocycles. The van der Waals surface area contributed by atoms with Crippen molar-refractivity contribution in [3.8, 4) is 0 Å². The number of carboxylic acid groups (broad SMARTS) is 1. The van der Waals surface area contributed by atoms with Gasteiger partial charge in [-0.1, -0.05) is 0 Å². The van der Waals surface area contributed by atoms with Crippen LogP contribution in [0.3, 0.4) is 0 Å². The van der Waals surface area contributed by atoms with Crippen molar-refractivity contribution in [1.82, 2.24) is 0 Å². The molecule has 14 heavy (non-hydrogen) atoms. The molecule has 1 aromatic rings. The fourth-order valence-corrected chi connectivity index (χ4v) is 2.12. The van der Waals surface area contributed by atoms with Gasteiger partial charge in [0.25, 0.3) is 0 Å². The summed E-state index contributed by atoms with van der Waals surface area (Å²) in [6, 6.07) is 1.82. The second-order valence-electron chi connectivity index (χ2n) is 3.08. The van der Waals surface area contributed by atoms with Gasteiger partial charge in [-0.2, -0.15) is 0 Å². The molecule has 0 aromatic carbocycles. The molecular formula is C9H12O4S. The van der Waals surface area contributed by atoms with E-state index in [1.807, 2.05) is 13.0 Å². The van der Waals surface area contributed by atoms with Crippen LogP contribution in [0.1, 0.15) is 23.0 Å². The summed E-state index contributed by atoms with van der Waals surface area (Å²) < 4.78 is 0. The van der Waals surface area contributed by atoms with E-state index in [1.165, 1.54) is 11.3 Å². The van der Waals surface area contributed by atoms with Gasteiger partial charge in [0.15, 0.2) is 0 Å². The monoisotopic (exact) mass is 216 g/mol. The van der Waals surface area contributed by atoms with E-state index in [-0.39, 0.29) is 0 Å². The van der Waals surface area contributed by atoms with Crippen molar-refractivity contribution < 1.29 is 20.1 Å². The van der Waals surface area contributed by atoms with Crippen LogP contribution in [-0.2, 0) is 4.79 Å². The second kappa shape index (κ2) is 4.54. The smallest absolute Gasteiger partial charge is 0.306 e. The summed E-state index contributed by atoms with van der Waals surface area (Å²) in [4.78, 5) is 10.9. The highest BCUT2D eigenvalue weighted by atomic mass is 32.1. The molecule has 0 fully saturated rings. The Morgan fingerprint density at radius 3 is 2.64 bits per heavy atom. The largest absolute Gasteiger partial charge is 0.481 e. The van der Waals surface area contributed by atoms with Crippen LogP contribution in [0.4, 0.5) is 0 Å². The molecule has 0 spiro atoms. The van der Waals surface area contributed by atoms with Crippen LogP contribution >= 0.6 is 11.3 Å². The predicted molar refractivity (Wildman–Crippen MR) is 52.3 cm³/mol. The lowest BCUT2D eigenvalue weighted by Crippen LogP contribution is -2.21. The first-order valence-electron chi connectivity index (χ1n) is 4.14. The van der Waals surface area contributed by atoms with Crippen LogP contribution in [-0.4, -0.2) is 27.4 Å². The van der Waals surface area contributed by atoms with Crippen molar-refractivity contribution in [2.45, 2.75) is 25.6 Å². The molecule has 0 amide bonds. The third-order valence-electron chi connectivity index (χ3n) is 1.92. The van der Waals surface area contributed by atoms with E-state index in [2.05, 4.69) is 0 Å². The molecule has 3 N–H and O–H groups in total. The SMILES string of the molecule is Cc1ccsc1C(O)C(O)CC(=O)O. The number of hydrogen-bond acceptors (Lipinski definition) is 4. The van der Waals surface area contributed by atoms with Crippen molar-refractivity contribution in [2.75, 3.05) is 0 Å². The molecule has 0 aliphatic carbocycles. The number of rotatable bonds is 4. The fraction of sp³-hybridized carbons (Fsp3) is 0.444. The van der Waals surface area contributed by atoms with Crippen molar-refractivity contribution in [3.63, 3.8) is 0 Å². The molecule has 0 aliphatic rings. The lowest BCUT2D eigenvalue weighted by atomic mass is 10.1. The minimum atomic E-state index is -1.25. The number of thiophene rings is 1. The third kappa shape index (κ3) is 2.54. The van der Waals surface area contributed by atoms with Crippen LogP contribution in [0.25, 0.3) is 0 Å². The second-order valence-corrected chi connectivity index (χ2v) is 4.03. The summed E-state index contributed by atoms with van der Waals surface area (Å²) in [7, 11) is 0. The van der Waals surface area contributed by atoms with E-state index < -0.39 is 24.6 Å². The van der Waals surface area contributed by atoms with Gasteiger partial charge in [-0.15, -0.1) is 11.3 Å². The Hall–Kier alpha value is -0.910. The first-order chi connectivity index (χ1) is 6.52. The minimum Gasteiger partial charge on any atom is -0.481 e. The standard InChI is InChI=1S/C9H12O4S/c1-5-2-3-14-9(5)8(13)6(10)4-7(11)12/h2-3,6,8,10,13H,4H2,1H3,(H,11,12). The summed E-state index contributed by atoms with van der Waals surface area (Å²) >= 11 is 1.31. The molecule has 2 unspecified atom stereocenters. The van der Waals surface area contributed by atoms with Gasteiger partial charge in [0.2, 0.25) is 0 Å². The van der Waals surface area contributed by atoms with E-state index in [0.717, 1.165) is 5.56 Å². The zero-order chi connectivity index (χ0) is 10.7. The number of aliphatic hydroxyl groups excluding tert-OH is 2. The van der Waals surface area contributed by atoms with E-state index in [4.69, 9.17) is 5.11 Å². The van der Waals surface area contributed by atoms with Gasteiger partial charge in [0.1, 0.15) is 6.10 Å². The van der Waals surface area contributed by atoms with Crippen LogP contribution in [0.5, 0.6) is 0 Å². The lowest BCUT2D eigenvalue weighted by Gasteiger charge is -2.15. The van der Waals surface area contributed by atoms with Gasteiger partial charge in [0, 0.05) is 4.88 Å². The third-order valence-corrected chi connectivity index (χ3v) is 3.01. The van der Waals surface area contributed by atoms with E-state index >= 15 is 0 Å². The van der Waals surface area contributed by atoms with Gasteiger partial charge in [0.05, 0.1) is 12.5 Å². The average molecular weight is 216 g/mol. The van der Waals surface area contributed by atoms with Crippen molar-refractivity contribution >= 4 is 17.3 Å². The van der Waals surface area contributed by atoms with Crippen LogP contribution in [0.15, 0.2) is 11.4 Å². The molecule has 0 aliphatic heterocycles.